The third kappa shape index (κ3) is 2.19. The number of hydrogen-bond donors (Lipinski definition) is 1. The first-order chi connectivity index (χ1) is 11.5. The van der Waals surface area contributed by atoms with Gasteiger partial charge in [-0.05, 0) is 44.4 Å². The molecule has 1 aliphatic rings. The molecule has 0 aliphatic heterocycles. The first-order valence-electron chi connectivity index (χ1n) is 8.53. The Bertz CT molecular complexity index is 941. The second kappa shape index (κ2) is 5.30. The molecule has 1 aromatic carbocycles. The lowest BCUT2D eigenvalue weighted by atomic mass is 9.98. The normalized spacial score (nSPS) is 14.5. The molecule has 2 aromatic heterocycles. The third-order valence-electron chi connectivity index (χ3n) is 4.98. The van der Waals surface area contributed by atoms with Gasteiger partial charge in [0.15, 0.2) is 16.8 Å². The summed E-state index contributed by atoms with van der Waals surface area (Å²) in [6, 6.07) is 4.10. The van der Waals surface area contributed by atoms with E-state index < -0.39 is 0 Å². The van der Waals surface area contributed by atoms with Crippen LogP contribution in [-0.2, 0) is 7.05 Å². The summed E-state index contributed by atoms with van der Waals surface area (Å²) in [7, 11) is 2.05. The Balaban J connectivity index is 2.02. The number of carbonyl (C=O) groups is 1. The van der Waals surface area contributed by atoms with E-state index >= 15 is 0 Å². The van der Waals surface area contributed by atoms with Crippen molar-refractivity contribution in [3.63, 3.8) is 0 Å². The number of fused-ring (bicyclic) bond motifs is 1. The monoisotopic (exact) mass is 324 g/mol. The Morgan fingerprint density at radius 1 is 1.38 bits per heavy atom. The first-order valence-corrected chi connectivity index (χ1v) is 8.53. The van der Waals surface area contributed by atoms with Crippen LogP contribution in [0.15, 0.2) is 16.7 Å². The molecule has 0 radical (unpaired) electrons. The molecule has 0 bridgehead atoms. The number of aromatic nitrogens is 3. The van der Waals surface area contributed by atoms with E-state index in [-0.39, 0.29) is 5.78 Å². The number of hydrogen-bond acceptors (Lipinski definition) is 3. The SMILES string of the molecule is CCC(=O)c1cc(-c2c(C)noc2C)cc2[nH]c(C3CC3)[n+](C)c12. The van der Waals surface area contributed by atoms with Crippen LogP contribution in [0.5, 0.6) is 0 Å². The highest BCUT2D eigenvalue weighted by Gasteiger charge is 2.35. The zero-order valence-corrected chi connectivity index (χ0v) is 14.6. The molecule has 3 aromatic rings. The Kier molecular flexibility index (Phi) is 3.34. The molecule has 24 heavy (non-hydrogen) atoms. The number of Topliss-reactive ketones (excluding diaryl/α,β-unsaturated/α-hetero) is 1. The van der Waals surface area contributed by atoms with Gasteiger partial charge >= 0.3 is 0 Å². The van der Waals surface area contributed by atoms with Crippen LogP contribution >= 0.6 is 0 Å². The molecular weight excluding hydrogens is 302 g/mol. The lowest BCUT2D eigenvalue weighted by Crippen LogP contribution is -2.32. The summed E-state index contributed by atoms with van der Waals surface area (Å²) in [5.41, 5.74) is 5.59. The standard InChI is InChI=1S/C19H21N3O2/c1-5-16(23)14-8-13(17-10(2)21-24-11(17)3)9-15-18(14)22(4)19(20-15)12-6-7-12/h8-9,12H,5-7H2,1-4H3/p+1. The number of aryl methyl sites for hydroxylation is 3. The van der Waals surface area contributed by atoms with Gasteiger partial charge in [-0.1, -0.05) is 12.1 Å². The first kappa shape index (κ1) is 15.1. The van der Waals surface area contributed by atoms with Gasteiger partial charge in [0.2, 0.25) is 0 Å². The van der Waals surface area contributed by atoms with Crippen LogP contribution in [0.2, 0.25) is 0 Å². The van der Waals surface area contributed by atoms with Gasteiger partial charge in [0.1, 0.15) is 5.76 Å². The summed E-state index contributed by atoms with van der Waals surface area (Å²) >= 11 is 0. The number of carbonyl (C=O) groups excluding carboxylic acids is 1. The minimum atomic E-state index is 0.158. The molecule has 1 aliphatic carbocycles. The highest BCUT2D eigenvalue weighted by molar-refractivity contribution is 6.06. The highest BCUT2D eigenvalue weighted by atomic mass is 16.5. The number of nitrogens with one attached hydrogen (secondary N) is 1. The van der Waals surface area contributed by atoms with E-state index in [1.807, 2.05) is 26.8 Å². The van der Waals surface area contributed by atoms with Gasteiger partial charge in [-0.2, -0.15) is 0 Å². The molecule has 124 valence electrons. The predicted molar refractivity (Wildman–Crippen MR) is 91.0 cm³/mol. The summed E-state index contributed by atoms with van der Waals surface area (Å²) in [5, 5.41) is 4.05. The highest BCUT2D eigenvalue weighted by Crippen LogP contribution is 2.39. The minimum Gasteiger partial charge on any atom is -0.361 e. The number of benzene rings is 1. The zero-order chi connectivity index (χ0) is 17.0. The molecule has 5 heteroatoms. The second-order valence-electron chi connectivity index (χ2n) is 6.74. The summed E-state index contributed by atoms with van der Waals surface area (Å²) in [6.07, 6.45) is 2.92. The molecule has 0 spiro atoms. The van der Waals surface area contributed by atoms with Gasteiger partial charge in [-0.15, -0.1) is 0 Å². The van der Waals surface area contributed by atoms with Crippen LogP contribution in [0.4, 0.5) is 0 Å². The Labute approximate surface area is 140 Å². The Morgan fingerprint density at radius 2 is 2.12 bits per heavy atom. The Morgan fingerprint density at radius 3 is 2.71 bits per heavy atom. The maximum Gasteiger partial charge on any atom is 0.258 e. The summed E-state index contributed by atoms with van der Waals surface area (Å²) in [6.45, 7) is 5.75. The molecule has 1 fully saturated rings. The summed E-state index contributed by atoms with van der Waals surface area (Å²) < 4.78 is 7.47. The van der Waals surface area contributed by atoms with Gasteiger partial charge in [0.25, 0.3) is 5.82 Å². The van der Waals surface area contributed by atoms with Crippen molar-refractivity contribution in [1.82, 2.24) is 10.1 Å². The van der Waals surface area contributed by atoms with Crippen LogP contribution in [0.25, 0.3) is 22.2 Å². The molecule has 2 heterocycles. The lowest BCUT2D eigenvalue weighted by molar-refractivity contribution is -0.653. The molecule has 4 rings (SSSR count). The van der Waals surface area contributed by atoms with E-state index in [9.17, 15) is 4.79 Å². The van der Waals surface area contributed by atoms with Crippen molar-refractivity contribution < 1.29 is 13.9 Å². The van der Waals surface area contributed by atoms with Gasteiger partial charge < -0.3 is 4.52 Å². The fourth-order valence-corrected chi connectivity index (χ4v) is 3.61. The average Bonchev–Trinajstić information content (AvgIpc) is 3.28. The lowest BCUT2D eigenvalue weighted by Gasteiger charge is -2.05. The van der Waals surface area contributed by atoms with Crippen molar-refractivity contribution in [3.05, 3.63) is 35.0 Å². The van der Waals surface area contributed by atoms with E-state index in [2.05, 4.69) is 27.8 Å². The molecular formula is C19H22N3O2+. The number of nitrogens with zero attached hydrogens (tertiary/aromatic N) is 2. The van der Waals surface area contributed by atoms with Crippen molar-refractivity contribution in [2.45, 2.75) is 46.0 Å². The molecule has 0 saturated heterocycles. The number of aromatic amines is 1. The molecule has 5 nitrogen and oxygen atoms in total. The fourth-order valence-electron chi connectivity index (χ4n) is 3.61. The average molecular weight is 324 g/mol. The minimum absolute atomic E-state index is 0.158. The van der Waals surface area contributed by atoms with E-state index in [1.165, 1.54) is 18.7 Å². The van der Waals surface area contributed by atoms with Crippen molar-refractivity contribution >= 4 is 16.8 Å². The van der Waals surface area contributed by atoms with Gasteiger partial charge in [0, 0.05) is 12.0 Å². The van der Waals surface area contributed by atoms with Crippen LogP contribution in [0, 0.1) is 13.8 Å². The maximum atomic E-state index is 12.6. The van der Waals surface area contributed by atoms with Crippen LogP contribution in [0.1, 0.15) is 59.7 Å². The molecule has 1 saturated carbocycles. The number of imidazole rings is 1. The van der Waals surface area contributed by atoms with Crippen LogP contribution < -0.4 is 4.57 Å². The maximum absolute atomic E-state index is 12.6. The van der Waals surface area contributed by atoms with Gasteiger partial charge in [-0.25, -0.2) is 9.55 Å². The van der Waals surface area contributed by atoms with E-state index in [0.29, 0.717) is 12.3 Å². The van der Waals surface area contributed by atoms with Crippen LogP contribution in [0.3, 0.4) is 0 Å². The van der Waals surface area contributed by atoms with Gasteiger partial charge in [0.05, 0.1) is 24.2 Å². The van der Waals surface area contributed by atoms with E-state index in [1.54, 1.807) is 0 Å². The quantitative estimate of drug-likeness (QED) is 0.587. The zero-order valence-electron chi connectivity index (χ0n) is 14.6. The topological polar surface area (TPSA) is 62.8 Å². The molecule has 0 atom stereocenters. The molecule has 0 amide bonds. The Hall–Kier alpha value is -2.43. The predicted octanol–water partition coefficient (Wildman–Crippen LogP) is 3.73. The van der Waals surface area contributed by atoms with E-state index in [4.69, 9.17) is 4.52 Å². The summed E-state index contributed by atoms with van der Waals surface area (Å²) in [5.74, 6) is 2.74. The van der Waals surface area contributed by atoms with Gasteiger partial charge in [-0.3, -0.25) is 4.79 Å². The summed E-state index contributed by atoms with van der Waals surface area (Å²) in [4.78, 5) is 16.1. The fraction of sp³-hybridized carbons (Fsp3) is 0.421. The van der Waals surface area contributed by atoms with Crippen molar-refractivity contribution in [1.29, 1.82) is 0 Å². The van der Waals surface area contributed by atoms with Crippen molar-refractivity contribution in [2.24, 2.45) is 7.05 Å². The number of H-pyrrole nitrogens is 1. The molecule has 0 unspecified atom stereocenters. The third-order valence-corrected chi connectivity index (χ3v) is 4.98. The van der Waals surface area contributed by atoms with Crippen molar-refractivity contribution in [3.8, 4) is 11.1 Å². The number of ketones is 1. The smallest absolute Gasteiger partial charge is 0.258 e. The van der Waals surface area contributed by atoms with Crippen molar-refractivity contribution in [2.75, 3.05) is 0 Å². The largest absolute Gasteiger partial charge is 0.361 e. The molecule has 1 N–H and O–H groups in total. The van der Waals surface area contributed by atoms with E-state index in [0.717, 1.165) is 39.2 Å². The van der Waals surface area contributed by atoms with Crippen LogP contribution in [-0.4, -0.2) is 15.9 Å². The number of rotatable bonds is 4. The second-order valence-corrected chi connectivity index (χ2v) is 6.74.